The first-order valence-electron chi connectivity index (χ1n) is 8.70. The number of aromatic amines is 1. The number of likely N-dealkylation sites (tertiary alicyclic amines) is 1. The van der Waals surface area contributed by atoms with E-state index < -0.39 is 0 Å². The first kappa shape index (κ1) is 15.3. The van der Waals surface area contributed by atoms with Gasteiger partial charge in [0.05, 0.1) is 6.20 Å². The molecule has 1 aliphatic carbocycles. The Hall–Kier alpha value is -2.21. The van der Waals surface area contributed by atoms with Gasteiger partial charge in [0.25, 0.3) is 5.56 Å². The van der Waals surface area contributed by atoms with Crippen molar-refractivity contribution < 1.29 is 4.74 Å². The third kappa shape index (κ3) is 3.33. The molecular weight excluding hydrogens is 304 g/mol. The van der Waals surface area contributed by atoms with E-state index in [1.165, 1.54) is 25.3 Å². The Morgan fingerprint density at radius 3 is 2.54 bits per heavy atom. The molecule has 1 aliphatic heterocycles. The second-order valence-corrected chi connectivity index (χ2v) is 6.66. The average molecular weight is 326 g/mol. The molecule has 6 heteroatoms. The summed E-state index contributed by atoms with van der Waals surface area (Å²) in [5.74, 6) is 0.652. The molecule has 2 aliphatic rings. The normalized spacial score (nSPS) is 19.8. The van der Waals surface area contributed by atoms with Gasteiger partial charge in [0.15, 0.2) is 0 Å². The Kier molecular flexibility index (Phi) is 4.30. The van der Waals surface area contributed by atoms with Crippen LogP contribution in [-0.2, 0) is 0 Å². The molecule has 0 aromatic carbocycles. The lowest BCUT2D eigenvalue weighted by Gasteiger charge is -2.41. The summed E-state index contributed by atoms with van der Waals surface area (Å²) in [7, 11) is 0. The largest absolute Gasteiger partial charge is 0.474 e. The highest BCUT2D eigenvalue weighted by atomic mass is 16.5. The van der Waals surface area contributed by atoms with Gasteiger partial charge in [-0.05, 0) is 31.7 Å². The van der Waals surface area contributed by atoms with Crippen molar-refractivity contribution in [2.75, 3.05) is 13.1 Å². The van der Waals surface area contributed by atoms with Crippen LogP contribution >= 0.6 is 0 Å². The van der Waals surface area contributed by atoms with E-state index in [4.69, 9.17) is 4.74 Å². The van der Waals surface area contributed by atoms with Crippen LogP contribution in [-0.4, -0.2) is 45.3 Å². The maximum absolute atomic E-state index is 11.3. The number of hydrogen-bond acceptors (Lipinski definition) is 5. The topological polar surface area (TPSA) is 71.1 Å². The van der Waals surface area contributed by atoms with E-state index in [0.29, 0.717) is 5.88 Å². The van der Waals surface area contributed by atoms with Gasteiger partial charge in [-0.1, -0.05) is 6.42 Å². The van der Waals surface area contributed by atoms with Gasteiger partial charge in [0, 0.05) is 48.6 Å². The molecule has 1 N–H and O–H groups in total. The van der Waals surface area contributed by atoms with E-state index in [0.717, 1.165) is 43.1 Å². The van der Waals surface area contributed by atoms with Crippen molar-refractivity contribution in [2.45, 2.75) is 44.2 Å². The second kappa shape index (κ2) is 6.73. The number of H-pyrrole nitrogens is 1. The van der Waals surface area contributed by atoms with Crippen molar-refractivity contribution >= 4 is 0 Å². The molecule has 2 aromatic rings. The summed E-state index contributed by atoms with van der Waals surface area (Å²) in [6, 6.07) is 6.13. The minimum Gasteiger partial charge on any atom is -0.474 e. The van der Waals surface area contributed by atoms with E-state index in [9.17, 15) is 4.79 Å². The highest BCUT2D eigenvalue weighted by Crippen LogP contribution is 2.28. The van der Waals surface area contributed by atoms with Crippen molar-refractivity contribution in [3.63, 3.8) is 0 Å². The van der Waals surface area contributed by atoms with Crippen LogP contribution in [0.5, 0.6) is 5.88 Å². The lowest BCUT2D eigenvalue weighted by molar-refractivity contribution is 0.0475. The number of ether oxygens (including phenoxy) is 1. The van der Waals surface area contributed by atoms with Gasteiger partial charge in [-0.3, -0.25) is 4.79 Å². The number of rotatable bonds is 4. The van der Waals surface area contributed by atoms with Crippen LogP contribution in [0.2, 0.25) is 0 Å². The van der Waals surface area contributed by atoms with Gasteiger partial charge in [-0.15, -0.1) is 0 Å². The molecule has 6 nitrogen and oxygen atoms in total. The summed E-state index contributed by atoms with van der Waals surface area (Å²) in [6.07, 6.45) is 9.86. The van der Waals surface area contributed by atoms with Gasteiger partial charge >= 0.3 is 0 Å². The van der Waals surface area contributed by atoms with Crippen LogP contribution in [0.4, 0.5) is 0 Å². The highest BCUT2D eigenvalue weighted by molar-refractivity contribution is 5.60. The van der Waals surface area contributed by atoms with Gasteiger partial charge in [0.1, 0.15) is 6.10 Å². The molecule has 4 rings (SSSR count). The molecule has 1 saturated heterocycles. The molecule has 2 fully saturated rings. The lowest BCUT2D eigenvalue weighted by Crippen LogP contribution is -2.46. The van der Waals surface area contributed by atoms with Crippen molar-refractivity contribution in [2.24, 2.45) is 0 Å². The highest BCUT2D eigenvalue weighted by Gasteiger charge is 2.29. The van der Waals surface area contributed by atoms with Gasteiger partial charge in [-0.25, -0.2) is 10.1 Å². The minimum atomic E-state index is -0.217. The van der Waals surface area contributed by atoms with Gasteiger partial charge in [-0.2, -0.15) is 5.10 Å². The number of piperidine rings is 1. The van der Waals surface area contributed by atoms with Crippen molar-refractivity contribution in [1.29, 1.82) is 0 Å². The Labute approximate surface area is 140 Å². The predicted molar refractivity (Wildman–Crippen MR) is 91.0 cm³/mol. The monoisotopic (exact) mass is 326 g/mol. The molecule has 0 unspecified atom stereocenters. The fourth-order valence-electron chi connectivity index (χ4n) is 3.44. The van der Waals surface area contributed by atoms with Crippen LogP contribution < -0.4 is 10.3 Å². The first-order chi connectivity index (χ1) is 11.8. The van der Waals surface area contributed by atoms with Crippen molar-refractivity contribution in [3.8, 4) is 17.0 Å². The molecule has 0 bridgehead atoms. The van der Waals surface area contributed by atoms with Crippen LogP contribution in [0.3, 0.4) is 0 Å². The number of nitrogens with one attached hydrogen (secondary N) is 1. The number of pyridine rings is 1. The maximum Gasteiger partial charge on any atom is 0.264 e. The number of hydrogen-bond donors (Lipinski definition) is 1. The zero-order valence-electron chi connectivity index (χ0n) is 13.6. The van der Waals surface area contributed by atoms with E-state index in [1.54, 1.807) is 12.4 Å². The van der Waals surface area contributed by atoms with E-state index in [-0.39, 0.29) is 11.7 Å². The maximum atomic E-state index is 11.3. The average Bonchev–Trinajstić information content (AvgIpc) is 2.56. The molecular formula is C18H22N4O2. The smallest absolute Gasteiger partial charge is 0.264 e. The van der Waals surface area contributed by atoms with Crippen molar-refractivity contribution in [1.82, 2.24) is 20.1 Å². The second-order valence-electron chi connectivity index (χ2n) is 6.66. The molecule has 2 aromatic heterocycles. The molecule has 0 radical (unpaired) electrons. The summed E-state index contributed by atoms with van der Waals surface area (Å²) in [4.78, 5) is 18.3. The zero-order chi connectivity index (χ0) is 16.4. The number of aromatic nitrogens is 3. The number of nitrogens with zero attached hydrogens (tertiary/aromatic N) is 3. The fraction of sp³-hybridized carbons (Fsp3) is 0.500. The van der Waals surface area contributed by atoms with Crippen LogP contribution in [0.15, 0.2) is 35.4 Å². The summed E-state index contributed by atoms with van der Waals surface area (Å²) < 4.78 is 6.03. The quantitative estimate of drug-likeness (QED) is 0.933. The molecule has 0 atom stereocenters. The lowest BCUT2D eigenvalue weighted by atomic mass is 9.90. The standard InChI is InChI=1S/C18H22N4O2/c23-17-10-14(12-20-21-17)13-4-5-18(19-11-13)24-16-6-8-22(9-7-16)15-2-1-3-15/h4-5,10-12,15-16H,1-3,6-9H2,(H,21,23). The van der Waals surface area contributed by atoms with Gasteiger partial charge in [0.2, 0.25) is 5.88 Å². The van der Waals surface area contributed by atoms with Crippen LogP contribution in [0.1, 0.15) is 32.1 Å². The summed E-state index contributed by atoms with van der Waals surface area (Å²) >= 11 is 0. The third-order valence-corrected chi connectivity index (χ3v) is 5.09. The SMILES string of the molecule is O=c1cc(-c2ccc(OC3CCN(C4CCC4)CC3)nc2)cn[nH]1. The summed E-state index contributed by atoms with van der Waals surface area (Å²) in [6.45, 7) is 2.26. The first-order valence-corrected chi connectivity index (χ1v) is 8.70. The predicted octanol–water partition coefficient (Wildman–Crippen LogP) is 2.23. The van der Waals surface area contributed by atoms with Crippen molar-refractivity contribution in [3.05, 3.63) is 40.9 Å². The van der Waals surface area contributed by atoms with E-state index in [1.807, 2.05) is 12.1 Å². The molecule has 3 heterocycles. The van der Waals surface area contributed by atoms with E-state index in [2.05, 4.69) is 20.1 Å². The molecule has 0 amide bonds. The summed E-state index contributed by atoms with van der Waals surface area (Å²) in [5, 5.41) is 6.18. The van der Waals surface area contributed by atoms with E-state index >= 15 is 0 Å². The molecule has 1 saturated carbocycles. The Balaban J connectivity index is 1.35. The fourth-order valence-corrected chi connectivity index (χ4v) is 3.44. The Morgan fingerprint density at radius 1 is 1.08 bits per heavy atom. The molecule has 0 spiro atoms. The van der Waals surface area contributed by atoms with Crippen LogP contribution in [0.25, 0.3) is 11.1 Å². The Bertz CT molecular complexity index is 731. The molecule has 24 heavy (non-hydrogen) atoms. The zero-order valence-corrected chi connectivity index (χ0v) is 13.6. The third-order valence-electron chi connectivity index (χ3n) is 5.09. The summed E-state index contributed by atoms with van der Waals surface area (Å²) in [5.41, 5.74) is 1.40. The van der Waals surface area contributed by atoms with Crippen LogP contribution in [0, 0.1) is 0 Å². The van der Waals surface area contributed by atoms with Gasteiger partial charge < -0.3 is 9.64 Å². The minimum absolute atomic E-state index is 0.217. The Morgan fingerprint density at radius 2 is 1.92 bits per heavy atom. The molecule has 126 valence electrons.